The number of methoxy groups -OCH3 is 1. The number of rotatable bonds is 26. The molecule has 73 heavy (non-hydrogen) atoms. The third-order valence-corrected chi connectivity index (χ3v) is 14.1. The van der Waals surface area contributed by atoms with Crippen LogP contribution in [0.25, 0.3) is 10.9 Å². The number of carbonyl (C=O) groups is 5. The highest BCUT2D eigenvalue weighted by molar-refractivity contribution is 6.33. The van der Waals surface area contributed by atoms with Gasteiger partial charge in [-0.25, -0.2) is 4.98 Å². The molecule has 4 heterocycles. The van der Waals surface area contributed by atoms with Gasteiger partial charge < -0.3 is 50.0 Å². The van der Waals surface area contributed by atoms with E-state index in [0.717, 1.165) is 64.1 Å². The lowest BCUT2D eigenvalue weighted by molar-refractivity contribution is -0.125. The minimum absolute atomic E-state index is 0.00753. The van der Waals surface area contributed by atoms with Gasteiger partial charge in [0.1, 0.15) is 16.6 Å². The van der Waals surface area contributed by atoms with Gasteiger partial charge in [-0.3, -0.25) is 33.7 Å². The van der Waals surface area contributed by atoms with Crippen molar-refractivity contribution in [3.05, 3.63) is 69.1 Å². The molecule has 1 unspecified atom stereocenters. The fraction of sp³-hybridized carbons (Fsp3) is 0.547. The average molecular weight is 1030 g/mol. The molecule has 0 aliphatic carbocycles. The van der Waals surface area contributed by atoms with Gasteiger partial charge in [-0.2, -0.15) is 4.98 Å². The van der Waals surface area contributed by atoms with E-state index in [1.807, 2.05) is 56.9 Å². The Hall–Kier alpha value is -6.31. The summed E-state index contributed by atoms with van der Waals surface area (Å²) < 4.78 is 12.6. The number of nitrogens with one attached hydrogen (secondary N) is 4. The van der Waals surface area contributed by atoms with E-state index in [4.69, 9.17) is 26.1 Å². The van der Waals surface area contributed by atoms with Crippen LogP contribution in [0.3, 0.4) is 0 Å². The van der Waals surface area contributed by atoms with Crippen molar-refractivity contribution in [1.82, 2.24) is 39.9 Å². The normalized spacial score (nSPS) is 14.9. The number of likely N-dealkylation sites (N-methyl/N-ethyl adjacent to an activating group) is 1. The summed E-state index contributed by atoms with van der Waals surface area (Å²) in [7, 11) is 4.61. The molecular formula is C53H74ClN11O8. The van der Waals surface area contributed by atoms with Crippen LogP contribution >= 0.6 is 11.6 Å². The van der Waals surface area contributed by atoms with E-state index in [1.54, 1.807) is 25.4 Å². The number of piperidine rings is 1. The predicted octanol–water partition coefficient (Wildman–Crippen LogP) is 5.78. The van der Waals surface area contributed by atoms with E-state index < -0.39 is 5.56 Å². The third-order valence-electron chi connectivity index (χ3n) is 13.8. The molecular weight excluding hydrogens is 954 g/mol. The van der Waals surface area contributed by atoms with E-state index in [0.29, 0.717) is 115 Å². The van der Waals surface area contributed by atoms with Gasteiger partial charge in [0.05, 0.1) is 24.4 Å². The van der Waals surface area contributed by atoms with Gasteiger partial charge in [0.15, 0.2) is 18.2 Å². The maximum Gasteiger partial charge on any atom is 0.293 e. The molecule has 4 amide bonds. The summed E-state index contributed by atoms with van der Waals surface area (Å²) in [5, 5.41) is 13.3. The molecule has 2 aliphatic rings. The lowest BCUT2D eigenvalue weighted by atomic mass is 9.94. The number of pyridine rings is 1. The summed E-state index contributed by atoms with van der Waals surface area (Å²) in [5.41, 5.74) is 2.72. The quantitative estimate of drug-likeness (QED) is 0.0434. The molecule has 0 spiro atoms. The monoisotopic (exact) mass is 1030 g/mol. The van der Waals surface area contributed by atoms with Crippen LogP contribution in [-0.4, -0.2) is 151 Å². The molecule has 2 aromatic carbocycles. The second-order valence-corrected chi connectivity index (χ2v) is 19.7. The summed E-state index contributed by atoms with van der Waals surface area (Å²) in [4.78, 5) is 94.3. The molecule has 0 saturated carbocycles. The number of fused-ring (bicyclic) bond motifs is 1. The summed E-state index contributed by atoms with van der Waals surface area (Å²) in [6.45, 7) is 15.7. The molecule has 0 radical (unpaired) electrons. The summed E-state index contributed by atoms with van der Waals surface area (Å²) in [6.07, 6.45) is 7.33. The molecule has 2 aromatic heterocycles. The van der Waals surface area contributed by atoms with Crippen molar-refractivity contribution in [2.75, 3.05) is 102 Å². The van der Waals surface area contributed by atoms with Gasteiger partial charge in [-0.15, -0.1) is 0 Å². The number of piperazine rings is 1. The van der Waals surface area contributed by atoms with Crippen LogP contribution in [-0.2, 0) is 26.2 Å². The van der Waals surface area contributed by atoms with Crippen molar-refractivity contribution < 1.29 is 33.4 Å². The molecule has 0 bridgehead atoms. The molecule has 6 rings (SSSR count). The lowest BCUT2D eigenvalue weighted by Crippen LogP contribution is -2.47. The first-order valence-electron chi connectivity index (χ1n) is 25.6. The summed E-state index contributed by atoms with van der Waals surface area (Å²) in [5.74, 6) is 0.732. The molecule has 20 heteroatoms. The summed E-state index contributed by atoms with van der Waals surface area (Å²) in [6, 6.07) is 10.4. The van der Waals surface area contributed by atoms with Gasteiger partial charge in [-0.1, -0.05) is 44.5 Å². The van der Waals surface area contributed by atoms with Crippen LogP contribution in [0.15, 0.2) is 47.4 Å². The first-order valence-corrected chi connectivity index (χ1v) is 26.0. The van der Waals surface area contributed by atoms with Crippen molar-refractivity contribution in [2.24, 2.45) is 18.9 Å². The van der Waals surface area contributed by atoms with E-state index >= 15 is 0 Å². The minimum Gasteiger partial charge on any atom is -0.494 e. The van der Waals surface area contributed by atoms with Gasteiger partial charge in [0, 0.05) is 114 Å². The number of ether oxygens (including phenoxy) is 2. The number of ketones is 1. The number of nitrogens with zero attached hydrogens (tertiary/aromatic N) is 7. The average Bonchev–Trinajstić information content (AvgIpc) is 3.38. The maximum absolute atomic E-state index is 13.9. The zero-order valence-electron chi connectivity index (χ0n) is 43.6. The largest absolute Gasteiger partial charge is 0.494 e. The van der Waals surface area contributed by atoms with E-state index in [-0.39, 0.29) is 53.7 Å². The fourth-order valence-electron chi connectivity index (χ4n) is 9.62. The molecule has 4 aromatic rings. The van der Waals surface area contributed by atoms with E-state index in [9.17, 15) is 28.8 Å². The standard InChI is InChI=1S/C53H74ClN11O8/c1-8-12-40(67)15-16-43(35(2)3)65(34-66)52(71)47-36(4)13-9-14-42(47)56-19-10-21-62-25-27-63(28-26-62)22-11-20-57-50(69)37-17-23-64(24-18-37)53-58-32-41(54)49(60-53)59-39-29-38-30-45(73-33-46(68)55-5)51(70)61(6)48(38)44(31-39)72-7/h9,13-14,29-32,34-35,37,43,56H,8,10-12,15-28,33H2,1-7H3,(H,55,68)(H,57,69)(H,58,59,60). The van der Waals surface area contributed by atoms with Crippen LogP contribution in [0.1, 0.15) is 88.1 Å². The fourth-order valence-corrected chi connectivity index (χ4v) is 9.76. The lowest BCUT2D eigenvalue weighted by Gasteiger charge is -2.35. The number of imide groups is 1. The van der Waals surface area contributed by atoms with Crippen molar-refractivity contribution >= 4 is 75.6 Å². The topological polar surface area (TPSA) is 213 Å². The Morgan fingerprint density at radius 1 is 0.959 bits per heavy atom. The molecule has 1 atom stereocenters. The van der Waals surface area contributed by atoms with E-state index in [2.05, 4.69) is 36.1 Å². The molecule has 2 aliphatic heterocycles. The van der Waals surface area contributed by atoms with Crippen LogP contribution in [0.4, 0.5) is 23.1 Å². The number of aromatic nitrogens is 3. The second kappa shape index (κ2) is 27.1. The first-order chi connectivity index (χ1) is 35.1. The Morgan fingerprint density at radius 2 is 1.66 bits per heavy atom. The smallest absolute Gasteiger partial charge is 0.293 e. The van der Waals surface area contributed by atoms with Crippen molar-refractivity contribution in [2.45, 2.75) is 85.1 Å². The van der Waals surface area contributed by atoms with Gasteiger partial charge in [0.2, 0.25) is 18.3 Å². The van der Waals surface area contributed by atoms with Crippen LogP contribution in [0, 0.1) is 18.8 Å². The Kier molecular flexibility index (Phi) is 20.8. The van der Waals surface area contributed by atoms with Crippen molar-refractivity contribution in [3.63, 3.8) is 0 Å². The van der Waals surface area contributed by atoms with Crippen molar-refractivity contribution in [1.29, 1.82) is 0 Å². The Labute approximate surface area is 433 Å². The first kappa shape index (κ1) is 56.0. The molecule has 4 N–H and O–H groups in total. The number of Topliss-reactive ketones (excluding diaryl/α,β-unsaturated/α-hetero) is 1. The van der Waals surface area contributed by atoms with Gasteiger partial charge in [-0.05, 0) is 88.2 Å². The van der Waals surface area contributed by atoms with Gasteiger partial charge >= 0.3 is 0 Å². The number of benzene rings is 2. The Balaban J connectivity index is 0.902. The third kappa shape index (κ3) is 14.9. The number of carbonyl (C=O) groups excluding carboxylic acids is 5. The Bertz CT molecular complexity index is 2610. The zero-order valence-corrected chi connectivity index (χ0v) is 44.3. The molecule has 2 saturated heterocycles. The highest BCUT2D eigenvalue weighted by atomic mass is 35.5. The van der Waals surface area contributed by atoms with Crippen LogP contribution in [0.5, 0.6) is 11.5 Å². The van der Waals surface area contributed by atoms with Gasteiger partial charge in [0.25, 0.3) is 17.4 Å². The van der Waals surface area contributed by atoms with Crippen molar-refractivity contribution in [3.8, 4) is 11.5 Å². The predicted molar refractivity (Wildman–Crippen MR) is 285 cm³/mol. The zero-order chi connectivity index (χ0) is 52.6. The minimum atomic E-state index is -0.413. The second-order valence-electron chi connectivity index (χ2n) is 19.3. The highest BCUT2D eigenvalue weighted by Gasteiger charge is 2.31. The molecule has 396 valence electrons. The van der Waals surface area contributed by atoms with E-state index in [1.165, 1.54) is 23.6 Å². The number of hydrogen-bond donors (Lipinski definition) is 4. The number of hydrogen-bond acceptors (Lipinski definition) is 15. The highest BCUT2D eigenvalue weighted by Crippen LogP contribution is 2.34. The van der Waals surface area contributed by atoms with Crippen LogP contribution in [0.2, 0.25) is 5.02 Å². The number of anilines is 4. The molecule has 2 fully saturated rings. The number of aryl methyl sites for hydroxylation is 2. The SMILES string of the molecule is CCCC(=O)CCC(C(C)C)N(C=O)C(=O)c1c(C)cccc1NCCCN1CCN(CCCNC(=O)C2CCN(c3ncc(Cl)c(Nc4cc(OC)c5c(c4)cc(OCC(=O)NC)c(=O)n5C)n3)CC2)CC1. The number of amides is 4. The molecule has 19 nitrogen and oxygen atoms in total. The summed E-state index contributed by atoms with van der Waals surface area (Å²) >= 11 is 6.59. The maximum atomic E-state index is 13.9. The number of halogens is 1. The van der Waals surface area contributed by atoms with Crippen LogP contribution < -0.4 is 41.2 Å². The Morgan fingerprint density at radius 3 is 2.30 bits per heavy atom.